The Morgan fingerprint density at radius 2 is 1.83 bits per heavy atom. The molecule has 3 unspecified atom stereocenters. The summed E-state index contributed by atoms with van der Waals surface area (Å²) in [7, 11) is 0. The van der Waals surface area contributed by atoms with Crippen LogP contribution in [-0.4, -0.2) is 11.4 Å². The topological polar surface area (TPSA) is 14.1 Å². The van der Waals surface area contributed by atoms with Gasteiger partial charge in [0.1, 0.15) is 0 Å². The normalized spacial score (nSPS) is 29.1. The fourth-order valence-corrected chi connectivity index (χ4v) is 3.79. The average Bonchev–Trinajstić information content (AvgIpc) is 2.99. The number of benzene rings is 1. The smallest absolute Gasteiger partial charge is 0.0986 e. The van der Waals surface area contributed by atoms with Crippen LogP contribution in [0.5, 0.6) is 0 Å². The van der Waals surface area contributed by atoms with E-state index in [-0.39, 0.29) is 0 Å². The molecule has 1 aromatic carbocycles. The number of rotatable bonds is 2. The molecule has 2 bridgehead atoms. The Balaban J connectivity index is 2.00. The molecule has 1 heteroatoms. The van der Waals surface area contributed by atoms with Crippen LogP contribution in [-0.2, 0) is 0 Å². The molecule has 1 nitrogen and oxygen atoms in total. The lowest BCUT2D eigenvalue weighted by Gasteiger charge is -2.17. The van der Waals surface area contributed by atoms with Crippen molar-refractivity contribution in [1.29, 1.82) is 0 Å². The van der Waals surface area contributed by atoms with E-state index in [2.05, 4.69) is 44.2 Å². The van der Waals surface area contributed by atoms with Gasteiger partial charge in [0.15, 0.2) is 0 Å². The number of nitrogens with zero attached hydrogens (tertiary/aromatic N) is 1. The van der Waals surface area contributed by atoms with E-state index < -0.39 is 0 Å². The number of hydrogen-bond acceptors (Lipinski definition) is 0. The third kappa shape index (κ3) is 2.15. The molecule has 2 fully saturated rings. The van der Waals surface area contributed by atoms with E-state index >= 15 is 0 Å². The van der Waals surface area contributed by atoms with Gasteiger partial charge in [0.05, 0.1) is 11.5 Å². The molecular weight excluding hydrogens is 218 g/mol. The van der Waals surface area contributed by atoms with Crippen LogP contribution in [0.1, 0.15) is 45.1 Å². The third-order valence-electron chi connectivity index (χ3n) is 4.50. The van der Waals surface area contributed by atoms with E-state index in [1.54, 1.807) is 0 Å². The second kappa shape index (κ2) is 4.74. The SMILES string of the molecule is CC(C)=[N+]=C(c1ccccc1)C1CC2CCC1C2. The van der Waals surface area contributed by atoms with E-state index in [9.17, 15) is 0 Å². The predicted molar refractivity (Wildman–Crippen MR) is 78.0 cm³/mol. The molecule has 2 aliphatic carbocycles. The Hall–Kier alpha value is -1.33. The van der Waals surface area contributed by atoms with Gasteiger partial charge in [-0.1, -0.05) is 29.3 Å². The molecule has 1 aromatic rings. The molecule has 2 saturated carbocycles. The largest absolute Gasteiger partial charge is 0.314 e. The summed E-state index contributed by atoms with van der Waals surface area (Å²) in [4.78, 5) is 0. The van der Waals surface area contributed by atoms with Crippen molar-refractivity contribution in [3.8, 4) is 0 Å². The highest BCUT2D eigenvalue weighted by atomic mass is 14.6. The highest BCUT2D eigenvalue weighted by Gasteiger charge is 2.45. The van der Waals surface area contributed by atoms with Gasteiger partial charge >= 0.3 is 5.71 Å². The number of fused-ring (bicyclic) bond motifs is 2. The van der Waals surface area contributed by atoms with Crippen LogP contribution >= 0.6 is 0 Å². The van der Waals surface area contributed by atoms with Crippen molar-refractivity contribution in [3.63, 3.8) is 0 Å². The van der Waals surface area contributed by atoms with Gasteiger partial charge in [0, 0.05) is 13.8 Å². The maximum atomic E-state index is 4.88. The fourth-order valence-electron chi connectivity index (χ4n) is 3.79. The molecule has 3 rings (SSSR count). The zero-order valence-electron chi connectivity index (χ0n) is 11.4. The van der Waals surface area contributed by atoms with Crippen LogP contribution in [0.15, 0.2) is 30.3 Å². The molecule has 0 saturated heterocycles. The summed E-state index contributed by atoms with van der Waals surface area (Å²) in [6, 6.07) is 10.8. The Labute approximate surface area is 110 Å². The van der Waals surface area contributed by atoms with Gasteiger partial charge in [0.2, 0.25) is 0 Å². The van der Waals surface area contributed by atoms with Gasteiger partial charge in [0.25, 0.3) is 5.71 Å². The minimum Gasteiger partial charge on any atom is -0.0986 e. The summed E-state index contributed by atoms with van der Waals surface area (Å²) in [6.07, 6.45) is 5.69. The lowest BCUT2D eigenvalue weighted by molar-refractivity contribution is 0.415. The first-order chi connectivity index (χ1) is 8.74. The molecule has 0 N–H and O–H groups in total. The molecule has 0 aromatic heterocycles. The van der Waals surface area contributed by atoms with E-state index in [4.69, 9.17) is 4.67 Å². The predicted octanol–water partition coefficient (Wildman–Crippen LogP) is 3.46. The minimum atomic E-state index is 0.709. The Morgan fingerprint density at radius 3 is 2.39 bits per heavy atom. The van der Waals surface area contributed by atoms with Crippen molar-refractivity contribution in [2.45, 2.75) is 39.5 Å². The van der Waals surface area contributed by atoms with Crippen LogP contribution < -0.4 is 4.67 Å². The van der Waals surface area contributed by atoms with E-state index in [0.29, 0.717) is 5.92 Å². The van der Waals surface area contributed by atoms with Crippen LogP contribution in [0, 0.1) is 17.8 Å². The first-order valence-corrected chi connectivity index (χ1v) is 7.18. The van der Waals surface area contributed by atoms with E-state index in [1.807, 2.05) is 0 Å². The van der Waals surface area contributed by atoms with E-state index in [0.717, 1.165) is 11.8 Å². The second-order valence-electron chi connectivity index (χ2n) is 6.09. The van der Waals surface area contributed by atoms with Crippen molar-refractivity contribution < 1.29 is 0 Å². The monoisotopic (exact) mass is 240 g/mol. The Kier molecular flexibility index (Phi) is 3.09. The fraction of sp³-hybridized carbons (Fsp3) is 0.529. The summed E-state index contributed by atoms with van der Waals surface area (Å²) in [5.74, 6) is 2.58. The molecule has 0 radical (unpaired) electrons. The first-order valence-electron chi connectivity index (χ1n) is 7.18. The van der Waals surface area contributed by atoms with Gasteiger partial charge < -0.3 is 0 Å². The first kappa shape index (κ1) is 11.7. The van der Waals surface area contributed by atoms with Gasteiger partial charge in [-0.3, -0.25) is 0 Å². The molecule has 0 heterocycles. The van der Waals surface area contributed by atoms with Crippen LogP contribution in [0.25, 0.3) is 0 Å². The quantitative estimate of drug-likeness (QED) is 0.555. The van der Waals surface area contributed by atoms with Gasteiger partial charge in [-0.25, -0.2) is 0 Å². The molecule has 0 amide bonds. The van der Waals surface area contributed by atoms with Gasteiger partial charge in [-0.2, -0.15) is 0 Å². The average molecular weight is 240 g/mol. The summed E-state index contributed by atoms with van der Waals surface area (Å²) in [5, 5.41) is 0. The van der Waals surface area contributed by atoms with Crippen LogP contribution in [0.4, 0.5) is 0 Å². The van der Waals surface area contributed by atoms with Crippen molar-refractivity contribution in [3.05, 3.63) is 35.9 Å². The molecule has 2 aliphatic rings. The lowest BCUT2D eigenvalue weighted by atomic mass is 9.82. The number of hydrogen-bond donors (Lipinski definition) is 0. The molecule has 0 aliphatic heterocycles. The highest BCUT2D eigenvalue weighted by Crippen LogP contribution is 2.49. The maximum absolute atomic E-state index is 4.88. The van der Waals surface area contributed by atoms with Crippen molar-refractivity contribution in [2.24, 2.45) is 17.8 Å². The van der Waals surface area contributed by atoms with Crippen molar-refractivity contribution in [1.82, 2.24) is 4.67 Å². The van der Waals surface area contributed by atoms with E-state index in [1.165, 1.54) is 42.7 Å². The maximum Gasteiger partial charge on any atom is 0.314 e. The lowest BCUT2D eigenvalue weighted by Crippen LogP contribution is -2.24. The van der Waals surface area contributed by atoms with Crippen molar-refractivity contribution >= 4 is 11.4 Å². The summed E-state index contributed by atoms with van der Waals surface area (Å²) >= 11 is 0. The van der Waals surface area contributed by atoms with Gasteiger partial charge in [-0.05, 0) is 43.2 Å². The zero-order chi connectivity index (χ0) is 12.5. The molecule has 94 valence electrons. The van der Waals surface area contributed by atoms with Crippen LogP contribution in [0.3, 0.4) is 0 Å². The Bertz CT molecular complexity index is 490. The Morgan fingerprint density at radius 1 is 1.06 bits per heavy atom. The molecular formula is C17H22N+. The molecule has 0 spiro atoms. The van der Waals surface area contributed by atoms with Gasteiger partial charge in [-0.15, -0.1) is 0 Å². The molecule has 3 atom stereocenters. The second-order valence-corrected chi connectivity index (χ2v) is 6.09. The van der Waals surface area contributed by atoms with Crippen LogP contribution in [0.2, 0.25) is 0 Å². The summed E-state index contributed by atoms with van der Waals surface area (Å²) < 4.78 is 4.88. The summed E-state index contributed by atoms with van der Waals surface area (Å²) in [5.41, 5.74) is 3.86. The standard InChI is InChI=1S/C17H22N/c1-12(2)18-17(14-6-4-3-5-7-14)16-11-13-8-9-15(16)10-13/h3-7,13,15-16H,8-11H2,1-2H3/q+1. The minimum absolute atomic E-state index is 0.709. The molecule has 18 heavy (non-hydrogen) atoms. The zero-order valence-corrected chi connectivity index (χ0v) is 11.4. The van der Waals surface area contributed by atoms with Crippen molar-refractivity contribution in [2.75, 3.05) is 0 Å². The summed E-state index contributed by atoms with van der Waals surface area (Å²) in [6.45, 7) is 4.21. The third-order valence-corrected chi connectivity index (χ3v) is 4.50. The highest BCUT2D eigenvalue weighted by molar-refractivity contribution is 6.04.